The van der Waals surface area contributed by atoms with Crippen molar-refractivity contribution < 1.29 is 9.53 Å². The Morgan fingerprint density at radius 3 is 2.43 bits per heavy atom. The predicted molar refractivity (Wildman–Crippen MR) is 56.5 cm³/mol. The zero-order chi connectivity index (χ0) is 10.8. The molecule has 2 nitrogen and oxygen atoms in total. The third kappa shape index (κ3) is 2.87. The highest BCUT2D eigenvalue weighted by Gasteiger charge is 2.17. The van der Waals surface area contributed by atoms with Gasteiger partial charge < -0.3 is 4.74 Å². The molecule has 0 aromatic heterocycles. The number of hydrogen-bond acceptors (Lipinski definition) is 2. The van der Waals surface area contributed by atoms with Crippen LogP contribution in [0.15, 0.2) is 35.6 Å². The third-order valence-corrected chi connectivity index (χ3v) is 2.00. The van der Waals surface area contributed by atoms with Gasteiger partial charge in [0.2, 0.25) is 0 Å². The SMILES string of the molecule is CC(=O)OC=C1C=CC(C(C)(C)C)=C1. The van der Waals surface area contributed by atoms with Gasteiger partial charge in [0.15, 0.2) is 0 Å². The highest BCUT2D eigenvalue weighted by molar-refractivity contribution is 5.67. The summed E-state index contributed by atoms with van der Waals surface area (Å²) >= 11 is 0. The van der Waals surface area contributed by atoms with Crippen LogP contribution in [-0.2, 0) is 9.53 Å². The number of rotatable bonds is 1. The van der Waals surface area contributed by atoms with E-state index >= 15 is 0 Å². The maximum atomic E-state index is 10.6. The van der Waals surface area contributed by atoms with Crippen molar-refractivity contribution in [3.8, 4) is 0 Å². The van der Waals surface area contributed by atoms with E-state index in [9.17, 15) is 4.79 Å². The van der Waals surface area contributed by atoms with E-state index in [0.717, 1.165) is 5.57 Å². The molecule has 0 N–H and O–H groups in total. The van der Waals surface area contributed by atoms with Crippen LogP contribution in [0.25, 0.3) is 0 Å². The van der Waals surface area contributed by atoms with Crippen LogP contribution in [0, 0.1) is 5.41 Å². The highest BCUT2D eigenvalue weighted by Crippen LogP contribution is 2.31. The van der Waals surface area contributed by atoms with E-state index in [-0.39, 0.29) is 11.4 Å². The van der Waals surface area contributed by atoms with Crippen molar-refractivity contribution >= 4 is 5.97 Å². The van der Waals surface area contributed by atoms with Crippen molar-refractivity contribution in [2.75, 3.05) is 0 Å². The second kappa shape index (κ2) is 3.82. The number of carbonyl (C=O) groups is 1. The van der Waals surface area contributed by atoms with Crippen LogP contribution in [0.3, 0.4) is 0 Å². The van der Waals surface area contributed by atoms with Gasteiger partial charge in [-0.05, 0) is 17.1 Å². The average molecular weight is 192 g/mol. The minimum Gasteiger partial charge on any atom is -0.434 e. The van der Waals surface area contributed by atoms with E-state index in [4.69, 9.17) is 4.74 Å². The third-order valence-electron chi connectivity index (χ3n) is 2.00. The minimum atomic E-state index is -0.288. The first kappa shape index (κ1) is 10.8. The molecule has 0 atom stereocenters. The summed E-state index contributed by atoms with van der Waals surface area (Å²) in [5.41, 5.74) is 2.32. The van der Waals surface area contributed by atoms with E-state index in [1.165, 1.54) is 18.8 Å². The number of carbonyl (C=O) groups excluding carboxylic acids is 1. The van der Waals surface area contributed by atoms with Crippen molar-refractivity contribution in [2.24, 2.45) is 5.41 Å². The lowest BCUT2D eigenvalue weighted by Crippen LogP contribution is -2.05. The standard InChI is InChI=1S/C12H16O2/c1-9(13)14-8-10-5-6-11(7-10)12(2,3)4/h5-8H,1-4H3. The largest absolute Gasteiger partial charge is 0.434 e. The van der Waals surface area contributed by atoms with Crippen molar-refractivity contribution in [3.05, 3.63) is 35.6 Å². The molecule has 0 amide bonds. The van der Waals surface area contributed by atoms with Gasteiger partial charge in [-0.3, -0.25) is 4.79 Å². The summed E-state index contributed by atoms with van der Waals surface area (Å²) in [6.45, 7) is 7.85. The maximum absolute atomic E-state index is 10.6. The Hall–Kier alpha value is -1.31. The van der Waals surface area contributed by atoms with E-state index < -0.39 is 0 Å². The smallest absolute Gasteiger partial charge is 0.307 e. The molecule has 0 heterocycles. The minimum absolute atomic E-state index is 0.141. The molecular formula is C12H16O2. The predicted octanol–water partition coefficient (Wildman–Crippen LogP) is 2.98. The molecule has 0 saturated heterocycles. The van der Waals surface area contributed by atoms with Gasteiger partial charge in [0.1, 0.15) is 6.26 Å². The van der Waals surface area contributed by atoms with Crippen molar-refractivity contribution in [1.82, 2.24) is 0 Å². The van der Waals surface area contributed by atoms with Crippen LogP contribution in [-0.4, -0.2) is 5.97 Å². The van der Waals surface area contributed by atoms with Gasteiger partial charge in [-0.2, -0.15) is 0 Å². The van der Waals surface area contributed by atoms with Crippen molar-refractivity contribution in [3.63, 3.8) is 0 Å². The summed E-state index contributed by atoms with van der Waals surface area (Å²) in [5.74, 6) is -0.288. The van der Waals surface area contributed by atoms with E-state index in [0.29, 0.717) is 0 Å². The van der Waals surface area contributed by atoms with Gasteiger partial charge >= 0.3 is 5.97 Å². The normalized spacial score (nSPS) is 18.6. The Labute approximate surface area is 85.0 Å². The topological polar surface area (TPSA) is 26.3 Å². The molecule has 0 radical (unpaired) electrons. The van der Waals surface area contributed by atoms with Gasteiger partial charge in [-0.15, -0.1) is 0 Å². The first-order chi connectivity index (χ1) is 6.39. The Morgan fingerprint density at radius 2 is 2.00 bits per heavy atom. The summed E-state index contributed by atoms with van der Waals surface area (Å²) in [6, 6.07) is 0. The summed E-state index contributed by atoms with van der Waals surface area (Å²) in [5, 5.41) is 0. The average Bonchev–Trinajstić information content (AvgIpc) is 2.47. The molecule has 1 aliphatic carbocycles. The summed E-state index contributed by atoms with van der Waals surface area (Å²) in [4.78, 5) is 10.6. The first-order valence-electron chi connectivity index (χ1n) is 4.67. The second-order valence-corrected chi connectivity index (χ2v) is 4.41. The lowest BCUT2D eigenvalue weighted by atomic mass is 9.87. The Kier molecular flexibility index (Phi) is 2.94. The summed E-state index contributed by atoms with van der Waals surface area (Å²) in [6.07, 6.45) is 7.51. The van der Waals surface area contributed by atoms with Gasteiger partial charge in [0.05, 0.1) is 0 Å². The maximum Gasteiger partial charge on any atom is 0.307 e. The molecule has 0 bridgehead atoms. The molecule has 14 heavy (non-hydrogen) atoms. The van der Waals surface area contributed by atoms with Crippen LogP contribution >= 0.6 is 0 Å². The quantitative estimate of drug-likeness (QED) is 0.471. The van der Waals surface area contributed by atoms with E-state index in [1.54, 1.807) is 0 Å². The summed E-state index contributed by atoms with van der Waals surface area (Å²) in [7, 11) is 0. The molecule has 0 unspecified atom stereocenters. The zero-order valence-electron chi connectivity index (χ0n) is 9.13. The molecule has 0 aromatic rings. The monoisotopic (exact) mass is 192 g/mol. The lowest BCUT2D eigenvalue weighted by molar-refractivity contribution is -0.135. The van der Waals surface area contributed by atoms with Crippen LogP contribution in [0.5, 0.6) is 0 Å². The Balaban J connectivity index is 2.73. The fourth-order valence-electron chi connectivity index (χ4n) is 1.15. The van der Waals surface area contributed by atoms with Crippen molar-refractivity contribution in [1.29, 1.82) is 0 Å². The van der Waals surface area contributed by atoms with Crippen LogP contribution in [0.2, 0.25) is 0 Å². The molecule has 0 spiro atoms. The zero-order valence-corrected chi connectivity index (χ0v) is 9.13. The lowest BCUT2D eigenvalue weighted by Gasteiger charge is -2.17. The van der Waals surface area contributed by atoms with Crippen LogP contribution < -0.4 is 0 Å². The highest BCUT2D eigenvalue weighted by atomic mass is 16.5. The van der Waals surface area contributed by atoms with Gasteiger partial charge in [-0.25, -0.2) is 0 Å². The van der Waals surface area contributed by atoms with Gasteiger partial charge in [0.25, 0.3) is 0 Å². The van der Waals surface area contributed by atoms with Gasteiger partial charge in [-0.1, -0.05) is 32.9 Å². The number of hydrogen-bond donors (Lipinski definition) is 0. The fourth-order valence-corrected chi connectivity index (χ4v) is 1.15. The van der Waals surface area contributed by atoms with Crippen molar-refractivity contribution in [2.45, 2.75) is 27.7 Å². The molecule has 0 aliphatic heterocycles. The molecule has 1 rings (SSSR count). The molecule has 0 fully saturated rings. The Morgan fingerprint density at radius 1 is 1.36 bits per heavy atom. The molecule has 76 valence electrons. The molecule has 0 saturated carbocycles. The van der Waals surface area contributed by atoms with E-state index in [1.807, 2.05) is 12.2 Å². The Bertz CT molecular complexity index is 325. The summed E-state index contributed by atoms with van der Waals surface area (Å²) < 4.78 is 4.79. The van der Waals surface area contributed by atoms with Crippen LogP contribution in [0.4, 0.5) is 0 Å². The first-order valence-corrected chi connectivity index (χ1v) is 4.67. The molecule has 0 aromatic carbocycles. The fraction of sp³-hybridized carbons (Fsp3) is 0.417. The van der Waals surface area contributed by atoms with E-state index in [2.05, 4.69) is 26.8 Å². The number of esters is 1. The number of allylic oxidation sites excluding steroid dienone is 5. The molecule has 1 aliphatic rings. The van der Waals surface area contributed by atoms with Gasteiger partial charge in [0, 0.05) is 12.5 Å². The van der Waals surface area contributed by atoms with Crippen LogP contribution in [0.1, 0.15) is 27.7 Å². The molecular weight excluding hydrogens is 176 g/mol. The molecule has 2 heteroatoms. The second-order valence-electron chi connectivity index (χ2n) is 4.41. The number of ether oxygens (including phenoxy) is 1.